The first kappa shape index (κ1) is 25.4. The average Bonchev–Trinajstić information content (AvgIpc) is 2.77. The topological polar surface area (TPSA) is 81.4 Å². The maximum Gasteiger partial charge on any atom is 0.330 e. The van der Waals surface area contributed by atoms with Gasteiger partial charge in [-0.3, -0.25) is 13.7 Å². The summed E-state index contributed by atoms with van der Waals surface area (Å²) in [6.45, 7) is 8.14. The Kier molecular flexibility index (Phi) is 7.18. The zero-order valence-electron chi connectivity index (χ0n) is 20.4. The lowest BCUT2D eigenvalue weighted by Crippen LogP contribution is -2.41. The van der Waals surface area contributed by atoms with Crippen LogP contribution in [0.3, 0.4) is 0 Å². The molecule has 3 aromatic rings. The summed E-state index contributed by atoms with van der Waals surface area (Å²) in [5.41, 5.74) is 3.07. The summed E-state index contributed by atoms with van der Waals surface area (Å²) in [4.78, 5) is 25.7. The molecule has 0 radical (unpaired) electrons. The molecule has 0 aliphatic heterocycles. The molecule has 1 aromatic heterocycles. The second-order valence-electron chi connectivity index (χ2n) is 9.51. The highest BCUT2D eigenvalue weighted by molar-refractivity contribution is 7.89. The summed E-state index contributed by atoms with van der Waals surface area (Å²) in [5, 5.41) is 0. The Morgan fingerprint density at radius 1 is 0.971 bits per heavy atom. The zero-order valence-corrected chi connectivity index (χ0v) is 22.3. The van der Waals surface area contributed by atoms with Crippen molar-refractivity contribution in [3.8, 4) is 0 Å². The van der Waals surface area contributed by atoms with Crippen LogP contribution in [0.25, 0.3) is 5.70 Å². The Labute approximate surface area is 201 Å². The van der Waals surface area contributed by atoms with Crippen molar-refractivity contribution in [2.24, 2.45) is 14.1 Å². The highest BCUT2D eigenvalue weighted by atomic mass is 32.2. The molecule has 0 spiro atoms. The van der Waals surface area contributed by atoms with Crippen molar-refractivity contribution >= 4 is 23.8 Å². The molecule has 180 valence electrons. The minimum Gasteiger partial charge on any atom is -0.303 e. The molecule has 7 nitrogen and oxygen atoms in total. The first-order valence-corrected chi connectivity index (χ1v) is 16.0. The molecule has 0 fully saturated rings. The van der Waals surface area contributed by atoms with Crippen LogP contribution in [-0.4, -0.2) is 29.9 Å². The summed E-state index contributed by atoms with van der Waals surface area (Å²) in [5.74, 6) is 0. The van der Waals surface area contributed by atoms with E-state index in [0.29, 0.717) is 5.70 Å². The second-order valence-corrected chi connectivity index (χ2v) is 16.4. The van der Waals surface area contributed by atoms with Gasteiger partial charge in [-0.2, -0.15) is 0 Å². The highest BCUT2D eigenvalue weighted by Crippen LogP contribution is 2.29. The maximum absolute atomic E-state index is 14.0. The molecule has 34 heavy (non-hydrogen) atoms. The number of benzene rings is 2. The van der Waals surface area contributed by atoms with E-state index < -0.39 is 29.3 Å². The monoisotopic (exact) mass is 497 g/mol. The summed E-state index contributed by atoms with van der Waals surface area (Å²) in [6.07, 6.45) is 1.43. The van der Waals surface area contributed by atoms with Crippen LogP contribution in [0.4, 0.5) is 0 Å². The fourth-order valence-corrected chi connectivity index (χ4v) is 6.25. The molecule has 0 atom stereocenters. The third-order valence-electron chi connectivity index (χ3n) is 5.34. The van der Waals surface area contributed by atoms with Gasteiger partial charge in [0.15, 0.2) is 0 Å². The van der Waals surface area contributed by atoms with Crippen molar-refractivity contribution in [1.29, 1.82) is 0 Å². The lowest BCUT2D eigenvalue weighted by atomic mass is 10.2. The number of rotatable bonds is 7. The zero-order chi connectivity index (χ0) is 25.3. The van der Waals surface area contributed by atoms with Crippen LogP contribution in [0, 0.1) is 6.92 Å². The van der Waals surface area contributed by atoms with Gasteiger partial charge in [-0.05, 0) is 24.6 Å². The first-order valence-electron chi connectivity index (χ1n) is 10.9. The number of sulfonamides is 1. The van der Waals surface area contributed by atoms with Gasteiger partial charge in [0.2, 0.25) is 0 Å². The van der Waals surface area contributed by atoms with Gasteiger partial charge < -0.3 is 4.57 Å². The van der Waals surface area contributed by atoms with E-state index in [1.807, 2.05) is 43.0 Å². The lowest BCUT2D eigenvalue weighted by Gasteiger charge is -2.29. The standard InChI is InChI=1S/C25H31N3O4SSi/c1-19-12-14-21(15-13-19)33(31,32)28(16-20-10-8-7-9-11-20)23(18-34(4,5)6)22-17-26(2)25(30)27(3)24(22)29/h7-15,17-18H,16H2,1-6H3/b23-18+. The van der Waals surface area contributed by atoms with E-state index in [4.69, 9.17) is 0 Å². The van der Waals surface area contributed by atoms with E-state index >= 15 is 0 Å². The average molecular weight is 498 g/mol. The van der Waals surface area contributed by atoms with E-state index in [1.54, 1.807) is 31.3 Å². The molecule has 0 bridgehead atoms. The number of nitrogens with zero attached hydrogens (tertiary/aromatic N) is 3. The van der Waals surface area contributed by atoms with E-state index in [9.17, 15) is 18.0 Å². The van der Waals surface area contributed by atoms with Crippen molar-refractivity contribution in [3.05, 3.63) is 104 Å². The Morgan fingerprint density at radius 2 is 1.56 bits per heavy atom. The molecule has 3 rings (SSSR count). The third kappa shape index (κ3) is 5.48. The van der Waals surface area contributed by atoms with E-state index in [2.05, 4.69) is 19.6 Å². The first-order chi connectivity index (χ1) is 15.8. The number of hydrogen-bond donors (Lipinski definition) is 0. The van der Waals surface area contributed by atoms with Crippen LogP contribution < -0.4 is 11.2 Å². The Morgan fingerprint density at radius 3 is 2.12 bits per heavy atom. The van der Waals surface area contributed by atoms with Gasteiger partial charge in [0.25, 0.3) is 15.6 Å². The smallest absolute Gasteiger partial charge is 0.303 e. The fourth-order valence-electron chi connectivity index (χ4n) is 3.56. The summed E-state index contributed by atoms with van der Waals surface area (Å²) >= 11 is 0. The summed E-state index contributed by atoms with van der Waals surface area (Å²) in [6, 6.07) is 15.9. The van der Waals surface area contributed by atoms with Gasteiger partial charge in [-0.25, -0.2) is 13.2 Å². The molecule has 0 aliphatic rings. The van der Waals surface area contributed by atoms with Crippen molar-refractivity contribution in [1.82, 2.24) is 13.4 Å². The van der Waals surface area contributed by atoms with Crippen LogP contribution in [0.1, 0.15) is 16.7 Å². The van der Waals surface area contributed by atoms with E-state index in [1.165, 1.54) is 22.1 Å². The minimum atomic E-state index is -4.04. The normalized spacial score (nSPS) is 12.6. The Bertz CT molecular complexity index is 1430. The van der Waals surface area contributed by atoms with Crippen molar-refractivity contribution in [2.75, 3.05) is 0 Å². The van der Waals surface area contributed by atoms with Gasteiger partial charge >= 0.3 is 5.69 Å². The molecule has 2 aromatic carbocycles. The summed E-state index contributed by atoms with van der Waals surface area (Å²) in [7, 11) is -3.14. The molecular formula is C25H31N3O4SSi. The minimum absolute atomic E-state index is 0.0410. The Balaban J connectivity index is 2.36. The molecule has 1 heterocycles. The summed E-state index contributed by atoms with van der Waals surface area (Å²) < 4.78 is 31.6. The molecule has 0 aliphatic carbocycles. The second kappa shape index (κ2) is 9.59. The van der Waals surface area contributed by atoms with Crippen LogP contribution in [-0.2, 0) is 30.7 Å². The predicted molar refractivity (Wildman–Crippen MR) is 139 cm³/mol. The van der Waals surface area contributed by atoms with Gasteiger partial charge in [0.1, 0.15) is 0 Å². The highest BCUT2D eigenvalue weighted by Gasteiger charge is 2.31. The number of aryl methyl sites for hydroxylation is 2. The van der Waals surface area contributed by atoms with Crippen molar-refractivity contribution < 1.29 is 8.42 Å². The molecule has 0 unspecified atom stereocenters. The molecule has 9 heteroatoms. The largest absolute Gasteiger partial charge is 0.330 e. The lowest BCUT2D eigenvalue weighted by molar-refractivity contribution is 0.506. The predicted octanol–water partition coefficient (Wildman–Crippen LogP) is 3.50. The number of hydrogen-bond acceptors (Lipinski definition) is 4. The fraction of sp³-hybridized carbons (Fsp3) is 0.280. The molecule has 0 saturated carbocycles. The quantitative estimate of drug-likeness (QED) is 0.468. The van der Waals surface area contributed by atoms with Crippen LogP contribution in [0.5, 0.6) is 0 Å². The number of aromatic nitrogens is 2. The van der Waals surface area contributed by atoms with Gasteiger partial charge in [0.05, 0.1) is 30.8 Å². The molecule has 0 amide bonds. The van der Waals surface area contributed by atoms with Gasteiger partial charge in [-0.1, -0.05) is 73.4 Å². The SMILES string of the molecule is Cc1ccc(S(=O)(=O)N(Cc2ccccc2)/C(=C/[Si](C)(C)C)c2cn(C)c(=O)n(C)c2=O)cc1. The van der Waals surface area contributed by atoms with Crippen LogP contribution >= 0.6 is 0 Å². The van der Waals surface area contributed by atoms with Gasteiger partial charge in [-0.15, -0.1) is 0 Å². The maximum atomic E-state index is 14.0. The van der Waals surface area contributed by atoms with Gasteiger partial charge in [0, 0.05) is 20.3 Å². The van der Waals surface area contributed by atoms with Crippen LogP contribution in [0.15, 0.2) is 81.0 Å². The Hall–Kier alpha value is -3.17. The third-order valence-corrected chi connectivity index (χ3v) is 8.25. The van der Waals surface area contributed by atoms with Crippen LogP contribution in [0.2, 0.25) is 19.6 Å². The van der Waals surface area contributed by atoms with E-state index in [0.717, 1.165) is 15.7 Å². The molecular weight excluding hydrogens is 466 g/mol. The van der Waals surface area contributed by atoms with Crippen molar-refractivity contribution in [2.45, 2.75) is 38.0 Å². The molecule has 0 saturated heterocycles. The van der Waals surface area contributed by atoms with E-state index in [-0.39, 0.29) is 17.0 Å². The molecule has 0 N–H and O–H groups in total. The van der Waals surface area contributed by atoms with Crippen molar-refractivity contribution in [3.63, 3.8) is 0 Å².